The average molecular weight is 358 g/mol. The summed E-state index contributed by atoms with van der Waals surface area (Å²) in [5.74, 6) is -0.312. The lowest BCUT2D eigenvalue weighted by molar-refractivity contribution is 0.0632. The summed E-state index contributed by atoms with van der Waals surface area (Å²) in [4.78, 5) is 12.7. The number of amides is 2. The third-order valence-electron chi connectivity index (χ3n) is 3.92. The number of hydrogen-bond acceptors (Lipinski definition) is 3. The zero-order chi connectivity index (χ0) is 17.9. The molecule has 2 aromatic carbocycles. The molecule has 2 amide bonds. The monoisotopic (exact) mass is 358 g/mol. The van der Waals surface area contributed by atoms with Crippen molar-refractivity contribution >= 4 is 27.5 Å². The normalized spacial score (nSPS) is 13.4. The zero-order valence-corrected chi connectivity index (χ0v) is 14.6. The lowest BCUT2D eigenvalue weighted by atomic mass is 10.0. The zero-order valence-electron chi connectivity index (χ0n) is 13.8. The Hall–Kier alpha value is -2.44. The Morgan fingerprint density at radius 3 is 2.60 bits per heavy atom. The summed E-state index contributed by atoms with van der Waals surface area (Å²) in [5, 5.41) is 17.1. The van der Waals surface area contributed by atoms with Gasteiger partial charge in [0.25, 0.3) is 0 Å². The van der Waals surface area contributed by atoms with E-state index in [4.69, 9.17) is 0 Å². The molecule has 0 aliphatic carbocycles. The van der Waals surface area contributed by atoms with E-state index in [1.165, 1.54) is 23.5 Å². The van der Waals surface area contributed by atoms with Crippen molar-refractivity contribution in [3.8, 4) is 0 Å². The smallest absolute Gasteiger partial charge is 0.315 e. The number of nitrogens with one attached hydrogen (secondary N) is 2. The number of benzene rings is 2. The molecular weight excluding hydrogens is 339 g/mol. The van der Waals surface area contributed by atoms with Crippen molar-refractivity contribution in [2.75, 3.05) is 6.54 Å². The maximum Gasteiger partial charge on any atom is 0.315 e. The van der Waals surface area contributed by atoms with Crippen LogP contribution in [0.5, 0.6) is 0 Å². The Morgan fingerprint density at radius 1 is 1.16 bits per heavy atom. The van der Waals surface area contributed by atoms with Crippen molar-refractivity contribution in [2.45, 2.75) is 19.1 Å². The molecule has 3 N–H and O–H groups in total. The quantitative estimate of drug-likeness (QED) is 0.650. The van der Waals surface area contributed by atoms with Gasteiger partial charge in [0.15, 0.2) is 0 Å². The molecule has 3 rings (SSSR count). The number of hydrogen-bond donors (Lipinski definition) is 3. The summed E-state index contributed by atoms with van der Waals surface area (Å²) < 4.78 is 13.9. The molecule has 6 heteroatoms. The topological polar surface area (TPSA) is 61.4 Å². The fraction of sp³-hybridized carbons (Fsp3) is 0.211. The standard InChI is InChI=1S/C19H19FN2O2S/c1-19(24,17-10-14-4-2-3-5-16(14)25-17)12-22-18(23)21-11-13-6-8-15(20)9-7-13/h2-10,24H,11-12H2,1H3,(H2,21,22,23)/t19-/m1/s1. The van der Waals surface area contributed by atoms with Crippen LogP contribution in [-0.4, -0.2) is 17.7 Å². The van der Waals surface area contributed by atoms with Crippen LogP contribution in [0, 0.1) is 5.82 Å². The van der Waals surface area contributed by atoms with Crippen LogP contribution in [0.15, 0.2) is 54.6 Å². The van der Waals surface area contributed by atoms with E-state index < -0.39 is 5.60 Å². The summed E-state index contributed by atoms with van der Waals surface area (Å²) in [7, 11) is 0. The number of carbonyl (C=O) groups is 1. The molecule has 3 aromatic rings. The molecule has 0 aliphatic rings. The van der Waals surface area contributed by atoms with Gasteiger partial charge >= 0.3 is 6.03 Å². The van der Waals surface area contributed by atoms with Gasteiger partial charge in [0.1, 0.15) is 11.4 Å². The van der Waals surface area contributed by atoms with Crippen LogP contribution in [0.25, 0.3) is 10.1 Å². The molecular formula is C19H19FN2O2S. The second-order valence-corrected chi connectivity index (χ2v) is 7.17. The predicted molar refractivity (Wildman–Crippen MR) is 98.0 cm³/mol. The van der Waals surface area contributed by atoms with Gasteiger partial charge in [-0.25, -0.2) is 9.18 Å². The second-order valence-electron chi connectivity index (χ2n) is 6.09. The molecule has 25 heavy (non-hydrogen) atoms. The van der Waals surface area contributed by atoms with Gasteiger partial charge in [-0.3, -0.25) is 0 Å². The van der Waals surface area contributed by atoms with Crippen molar-refractivity contribution in [3.05, 3.63) is 70.9 Å². The summed E-state index contributed by atoms with van der Waals surface area (Å²) >= 11 is 1.51. The van der Waals surface area contributed by atoms with Crippen molar-refractivity contribution in [3.63, 3.8) is 0 Å². The Kier molecular flexibility index (Phi) is 5.01. The number of halogens is 1. The molecule has 0 saturated carbocycles. The van der Waals surface area contributed by atoms with Crippen LogP contribution in [-0.2, 0) is 12.1 Å². The highest BCUT2D eigenvalue weighted by Gasteiger charge is 2.26. The minimum Gasteiger partial charge on any atom is -0.383 e. The van der Waals surface area contributed by atoms with E-state index in [1.54, 1.807) is 19.1 Å². The van der Waals surface area contributed by atoms with Gasteiger partial charge in [-0.2, -0.15) is 0 Å². The molecule has 0 spiro atoms. The summed E-state index contributed by atoms with van der Waals surface area (Å²) in [5.41, 5.74) is -0.357. The molecule has 130 valence electrons. The molecule has 1 heterocycles. The van der Waals surface area contributed by atoms with E-state index in [-0.39, 0.29) is 24.9 Å². The second kappa shape index (κ2) is 7.21. The number of aliphatic hydroxyl groups is 1. The van der Waals surface area contributed by atoms with Gasteiger partial charge in [-0.15, -0.1) is 11.3 Å². The third kappa shape index (κ3) is 4.35. The van der Waals surface area contributed by atoms with E-state index >= 15 is 0 Å². The van der Waals surface area contributed by atoms with Crippen LogP contribution in [0.1, 0.15) is 17.4 Å². The number of rotatable bonds is 5. The van der Waals surface area contributed by atoms with E-state index in [1.807, 2.05) is 30.3 Å². The lowest BCUT2D eigenvalue weighted by Gasteiger charge is -2.22. The molecule has 0 aliphatic heterocycles. The van der Waals surface area contributed by atoms with Gasteiger partial charge in [-0.1, -0.05) is 30.3 Å². The van der Waals surface area contributed by atoms with E-state index in [9.17, 15) is 14.3 Å². The molecule has 0 unspecified atom stereocenters. The summed E-state index contributed by atoms with van der Waals surface area (Å²) in [6, 6.07) is 15.4. The van der Waals surface area contributed by atoms with Gasteiger partial charge in [0.2, 0.25) is 0 Å². The first-order valence-corrected chi connectivity index (χ1v) is 8.73. The van der Waals surface area contributed by atoms with Crippen LogP contribution < -0.4 is 10.6 Å². The first-order valence-electron chi connectivity index (χ1n) is 7.92. The van der Waals surface area contributed by atoms with Crippen molar-refractivity contribution < 1.29 is 14.3 Å². The number of urea groups is 1. The summed E-state index contributed by atoms with van der Waals surface area (Å²) in [6.07, 6.45) is 0. The van der Waals surface area contributed by atoms with Gasteiger partial charge in [0.05, 0.1) is 6.54 Å². The Balaban J connectivity index is 1.55. The maximum absolute atomic E-state index is 12.8. The van der Waals surface area contributed by atoms with Crippen molar-refractivity contribution in [2.24, 2.45) is 0 Å². The first-order chi connectivity index (χ1) is 11.9. The number of fused-ring (bicyclic) bond motifs is 1. The highest BCUT2D eigenvalue weighted by molar-refractivity contribution is 7.19. The van der Waals surface area contributed by atoms with Crippen molar-refractivity contribution in [1.82, 2.24) is 10.6 Å². The molecule has 1 aromatic heterocycles. The predicted octanol–water partition coefficient (Wildman–Crippen LogP) is 3.75. The Labute approximate surface area is 149 Å². The SMILES string of the molecule is C[C@@](O)(CNC(=O)NCc1ccc(F)cc1)c1cc2ccccc2s1. The Bertz CT molecular complexity index is 842. The Morgan fingerprint density at radius 2 is 1.88 bits per heavy atom. The fourth-order valence-electron chi connectivity index (χ4n) is 2.43. The van der Waals surface area contributed by atoms with E-state index in [0.717, 1.165) is 20.5 Å². The third-order valence-corrected chi connectivity index (χ3v) is 5.29. The fourth-order valence-corrected chi connectivity index (χ4v) is 3.54. The molecule has 0 radical (unpaired) electrons. The summed E-state index contributed by atoms with van der Waals surface area (Å²) in [6.45, 7) is 2.06. The lowest BCUT2D eigenvalue weighted by Crippen LogP contribution is -2.42. The number of carbonyl (C=O) groups excluding carboxylic acids is 1. The molecule has 0 saturated heterocycles. The van der Waals surface area contributed by atoms with Crippen LogP contribution in [0.3, 0.4) is 0 Å². The highest BCUT2D eigenvalue weighted by Crippen LogP contribution is 2.32. The molecule has 0 fully saturated rings. The van der Waals surface area contributed by atoms with Crippen molar-refractivity contribution in [1.29, 1.82) is 0 Å². The molecule has 1 atom stereocenters. The minimum absolute atomic E-state index is 0.0923. The van der Waals surface area contributed by atoms with E-state index in [2.05, 4.69) is 10.6 Å². The molecule has 0 bridgehead atoms. The molecule has 4 nitrogen and oxygen atoms in total. The maximum atomic E-state index is 12.8. The highest BCUT2D eigenvalue weighted by atomic mass is 32.1. The van der Waals surface area contributed by atoms with Crippen LogP contribution in [0.2, 0.25) is 0 Å². The van der Waals surface area contributed by atoms with Gasteiger partial charge < -0.3 is 15.7 Å². The van der Waals surface area contributed by atoms with Crippen LogP contribution >= 0.6 is 11.3 Å². The minimum atomic E-state index is -1.16. The largest absolute Gasteiger partial charge is 0.383 e. The average Bonchev–Trinajstić information content (AvgIpc) is 3.05. The van der Waals surface area contributed by atoms with E-state index in [0.29, 0.717) is 0 Å². The van der Waals surface area contributed by atoms with Gasteiger partial charge in [-0.05, 0) is 42.1 Å². The number of thiophene rings is 1. The first kappa shape index (κ1) is 17.4. The van der Waals surface area contributed by atoms with Gasteiger partial charge in [0, 0.05) is 16.1 Å². The van der Waals surface area contributed by atoms with Crippen LogP contribution in [0.4, 0.5) is 9.18 Å².